The van der Waals surface area contributed by atoms with E-state index >= 15 is 0 Å². The highest BCUT2D eigenvalue weighted by Crippen LogP contribution is 2.27. The van der Waals surface area contributed by atoms with Crippen molar-refractivity contribution in [3.8, 4) is 0 Å². The largest absolute Gasteiger partial charge is 0.291 e. The highest BCUT2D eigenvalue weighted by Gasteiger charge is 2.19. The number of nitrogens with zero attached hydrogens (tertiary/aromatic N) is 2. The van der Waals surface area contributed by atoms with Crippen molar-refractivity contribution in [1.29, 1.82) is 0 Å². The number of carbonyl (C=O) groups is 1. The molecule has 1 amide bonds. The SMILES string of the molecule is CSC(=O)Nc1nnc(C(C)(C)C)s1. The first kappa shape index (κ1) is 11.5. The molecular weight excluding hydrogens is 218 g/mol. The summed E-state index contributed by atoms with van der Waals surface area (Å²) in [5.41, 5.74) is -0.0139. The van der Waals surface area contributed by atoms with E-state index in [4.69, 9.17) is 0 Å². The van der Waals surface area contributed by atoms with Gasteiger partial charge in [0.25, 0.3) is 5.24 Å². The zero-order chi connectivity index (χ0) is 10.8. The van der Waals surface area contributed by atoms with Gasteiger partial charge < -0.3 is 0 Å². The molecule has 0 aliphatic heterocycles. The zero-order valence-corrected chi connectivity index (χ0v) is 10.3. The first-order chi connectivity index (χ1) is 6.43. The summed E-state index contributed by atoms with van der Waals surface area (Å²) in [7, 11) is 0. The van der Waals surface area contributed by atoms with Crippen LogP contribution in [0.2, 0.25) is 0 Å². The molecule has 6 heteroatoms. The standard InChI is InChI=1S/C8H13N3OS2/c1-8(2,3)5-10-11-6(14-5)9-7(12)13-4/h1-4H3,(H,9,11,12). The van der Waals surface area contributed by atoms with Crippen LogP contribution in [-0.2, 0) is 5.41 Å². The van der Waals surface area contributed by atoms with Crippen LogP contribution in [0.3, 0.4) is 0 Å². The van der Waals surface area contributed by atoms with Crippen molar-refractivity contribution < 1.29 is 4.79 Å². The Bertz CT molecular complexity index is 330. The Morgan fingerprint density at radius 2 is 2.07 bits per heavy atom. The molecule has 0 bridgehead atoms. The Kier molecular flexibility index (Phi) is 3.49. The highest BCUT2D eigenvalue weighted by molar-refractivity contribution is 8.13. The number of hydrogen-bond acceptors (Lipinski definition) is 5. The average Bonchev–Trinajstić information content (AvgIpc) is 2.51. The van der Waals surface area contributed by atoms with Gasteiger partial charge in [-0.25, -0.2) is 0 Å². The number of anilines is 1. The Morgan fingerprint density at radius 3 is 2.50 bits per heavy atom. The number of rotatable bonds is 1. The molecule has 0 radical (unpaired) electrons. The smallest absolute Gasteiger partial charge is 0.285 e. The number of aromatic nitrogens is 2. The van der Waals surface area contributed by atoms with Crippen LogP contribution in [0.4, 0.5) is 9.93 Å². The van der Waals surface area contributed by atoms with E-state index in [0.29, 0.717) is 5.13 Å². The van der Waals surface area contributed by atoms with E-state index in [-0.39, 0.29) is 10.7 Å². The van der Waals surface area contributed by atoms with Gasteiger partial charge in [-0.15, -0.1) is 10.2 Å². The highest BCUT2D eigenvalue weighted by atomic mass is 32.2. The molecule has 0 aliphatic carbocycles. The minimum absolute atomic E-state index is 0.0139. The Morgan fingerprint density at radius 1 is 1.43 bits per heavy atom. The van der Waals surface area contributed by atoms with Gasteiger partial charge in [0, 0.05) is 5.41 Å². The fraction of sp³-hybridized carbons (Fsp3) is 0.625. The maximum atomic E-state index is 11.0. The van der Waals surface area contributed by atoms with Crippen molar-refractivity contribution >= 4 is 33.5 Å². The van der Waals surface area contributed by atoms with Crippen LogP contribution in [0.15, 0.2) is 0 Å². The summed E-state index contributed by atoms with van der Waals surface area (Å²) in [6.45, 7) is 6.19. The van der Waals surface area contributed by atoms with E-state index in [0.717, 1.165) is 16.8 Å². The number of thioether (sulfide) groups is 1. The van der Waals surface area contributed by atoms with Crippen molar-refractivity contribution in [3.05, 3.63) is 5.01 Å². The summed E-state index contributed by atoms with van der Waals surface area (Å²) in [4.78, 5) is 11.0. The third kappa shape index (κ3) is 2.95. The lowest BCUT2D eigenvalue weighted by atomic mass is 9.98. The van der Waals surface area contributed by atoms with E-state index in [1.54, 1.807) is 6.26 Å². The molecule has 1 aromatic heterocycles. The van der Waals surface area contributed by atoms with E-state index in [1.807, 2.05) is 0 Å². The van der Waals surface area contributed by atoms with E-state index in [1.165, 1.54) is 11.3 Å². The van der Waals surface area contributed by atoms with Gasteiger partial charge in [-0.05, 0) is 6.26 Å². The third-order valence-electron chi connectivity index (χ3n) is 1.46. The molecule has 0 aliphatic rings. The molecule has 0 fully saturated rings. The van der Waals surface area contributed by atoms with E-state index in [2.05, 4.69) is 36.3 Å². The van der Waals surface area contributed by atoms with Crippen LogP contribution in [0.1, 0.15) is 25.8 Å². The quantitative estimate of drug-likeness (QED) is 0.807. The third-order valence-corrected chi connectivity index (χ3v) is 3.20. The molecular formula is C8H13N3OS2. The Balaban J connectivity index is 2.74. The first-order valence-electron chi connectivity index (χ1n) is 4.12. The second-order valence-corrected chi connectivity index (χ2v) is 5.54. The lowest BCUT2D eigenvalue weighted by Crippen LogP contribution is -2.10. The van der Waals surface area contributed by atoms with Crippen molar-refractivity contribution in [2.75, 3.05) is 11.6 Å². The second-order valence-electron chi connectivity index (χ2n) is 3.78. The van der Waals surface area contributed by atoms with Gasteiger partial charge in [0.2, 0.25) is 5.13 Å². The van der Waals surface area contributed by atoms with Crippen LogP contribution in [0.25, 0.3) is 0 Å². The second kappa shape index (κ2) is 4.27. The molecule has 0 saturated carbocycles. The molecule has 1 rings (SSSR count). The Labute approximate surface area is 91.5 Å². The average molecular weight is 231 g/mol. The topological polar surface area (TPSA) is 54.9 Å². The molecule has 14 heavy (non-hydrogen) atoms. The molecule has 1 heterocycles. The van der Waals surface area contributed by atoms with Gasteiger partial charge >= 0.3 is 0 Å². The van der Waals surface area contributed by atoms with Gasteiger partial charge in [0.15, 0.2) is 0 Å². The molecule has 0 atom stereocenters. The van der Waals surface area contributed by atoms with Gasteiger partial charge in [-0.1, -0.05) is 43.9 Å². The predicted molar refractivity (Wildman–Crippen MR) is 61.1 cm³/mol. The Hall–Kier alpha value is -0.620. The molecule has 1 aromatic rings. The summed E-state index contributed by atoms with van der Waals surface area (Å²) in [6.07, 6.45) is 1.72. The van der Waals surface area contributed by atoms with Crippen LogP contribution < -0.4 is 5.32 Å². The minimum Gasteiger partial charge on any atom is -0.291 e. The fourth-order valence-electron chi connectivity index (χ4n) is 0.715. The minimum atomic E-state index is -0.110. The summed E-state index contributed by atoms with van der Waals surface area (Å²) in [5.74, 6) is 0. The normalized spacial score (nSPS) is 11.4. The predicted octanol–water partition coefficient (Wildman–Crippen LogP) is 2.73. The van der Waals surface area contributed by atoms with Crippen LogP contribution in [0, 0.1) is 0 Å². The maximum Gasteiger partial charge on any atom is 0.285 e. The van der Waals surface area contributed by atoms with Gasteiger partial charge in [-0.3, -0.25) is 10.1 Å². The van der Waals surface area contributed by atoms with Crippen LogP contribution >= 0.6 is 23.1 Å². The monoisotopic (exact) mass is 231 g/mol. The fourth-order valence-corrected chi connectivity index (χ4v) is 1.77. The lowest BCUT2D eigenvalue weighted by molar-refractivity contribution is 0.270. The van der Waals surface area contributed by atoms with Gasteiger partial charge in [0.05, 0.1) is 0 Å². The molecule has 0 aromatic carbocycles. The van der Waals surface area contributed by atoms with Crippen molar-refractivity contribution in [3.63, 3.8) is 0 Å². The van der Waals surface area contributed by atoms with Crippen molar-refractivity contribution in [2.45, 2.75) is 26.2 Å². The van der Waals surface area contributed by atoms with Crippen LogP contribution in [-0.4, -0.2) is 21.7 Å². The molecule has 0 spiro atoms. The molecule has 0 saturated heterocycles. The summed E-state index contributed by atoms with van der Waals surface area (Å²) in [5, 5.41) is 11.9. The summed E-state index contributed by atoms with van der Waals surface area (Å²) < 4.78 is 0. The summed E-state index contributed by atoms with van der Waals surface area (Å²) >= 11 is 2.54. The number of amides is 1. The van der Waals surface area contributed by atoms with Gasteiger partial charge in [-0.2, -0.15) is 0 Å². The van der Waals surface area contributed by atoms with Crippen molar-refractivity contribution in [2.24, 2.45) is 0 Å². The first-order valence-corrected chi connectivity index (χ1v) is 6.16. The number of hydrogen-bond donors (Lipinski definition) is 1. The van der Waals surface area contributed by atoms with E-state index in [9.17, 15) is 4.79 Å². The maximum absolute atomic E-state index is 11.0. The zero-order valence-electron chi connectivity index (χ0n) is 8.62. The molecule has 1 N–H and O–H groups in total. The lowest BCUT2D eigenvalue weighted by Gasteiger charge is -2.12. The molecule has 0 unspecified atom stereocenters. The molecule has 78 valence electrons. The van der Waals surface area contributed by atoms with E-state index < -0.39 is 0 Å². The number of nitrogens with one attached hydrogen (secondary N) is 1. The van der Waals surface area contributed by atoms with Crippen molar-refractivity contribution in [1.82, 2.24) is 10.2 Å². The number of carbonyl (C=O) groups excluding carboxylic acids is 1. The summed E-state index contributed by atoms with van der Waals surface area (Å²) in [6, 6.07) is 0. The molecule has 4 nitrogen and oxygen atoms in total. The van der Waals surface area contributed by atoms with Crippen LogP contribution in [0.5, 0.6) is 0 Å². The van der Waals surface area contributed by atoms with Gasteiger partial charge in [0.1, 0.15) is 5.01 Å².